The summed E-state index contributed by atoms with van der Waals surface area (Å²) in [5.74, 6) is -2.16. The van der Waals surface area contributed by atoms with E-state index in [0.29, 0.717) is 16.2 Å². The van der Waals surface area contributed by atoms with E-state index in [0.717, 1.165) is 10.9 Å². The van der Waals surface area contributed by atoms with Crippen LogP contribution in [0.25, 0.3) is 11.0 Å². The van der Waals surface area contributed by atoms with E-state index >= 15 is 0 Å². The van der Waals surface area contributed by atoms with Crippen LogP contribution in [0.2, 0.25) is 5.02 Å². The van der Waals surface area contributed by atoms with Crippen LogP contribution in [-0.4, -0.2) is 16.6 Å². The van der Waals surface area contributed by atoms with Gasteiger partial charge in [-0.15, -0.1) is 0 Å². The zero-order valence-electron chi connectivity index (χ0n) is 16.7. The number of hydrogen-bond donors (Lipinski definition) is 0. The summed E-state index contributed by atoms with van der Waals surface area (Å²) in [6.45, 7) is 0.149. The summed E-state index contributed by atoms with van der Waals surface area (Å²) < 4.78 is 5.70. The Morgan fingerprint density at radius 2 is 1.94 bits per heavy atom. The number of fused-ring (bicyclic) bond motifs is 1. The van der Waals surface area contributed by atoms with Gasteiger partial charge in [-0.25, -0.2) is 4.98 Å². The van der Waals surface area contributed by atoms with Crippen molar-refractivity contribution in [1.29, 1.82) is 0 Å². The third-order valence-electron chi connectivity index (χ3n) is 5.47. The maximum Gasteiger partial charge on any atom is 0.240 e. The van der Waals surface area contributed by atoms with Crippen molar-refractivity contribution in [3.63, 3.8) is 0 Å². The first-order valence-corrected chi connectivity index (χ1v) is 10.4. The van der Waals surface area contributed by atoms with Crippen molar-refractivity contribution in [2.45, 2.75) is 12.6 Å². The lowest BCUT2D eigenvalue weighted by Gasteiger charge is -2.27. The lowest BCUT2D eigenvalue weighted by molar-refractivity contribution is -0.378. The second kappa shape index (κ2) is 7.98. The number of aromatic amines is 1. The second-order valence-electron chi connectivity index (χ2n) is 7.52. The monoisotopic (exact) mass is 444 g/mol. The van der Waals surface area contributed by atoms with E-state index in [4.69, 9.17) is 16.0 Å². The van der Waals surface area contributed by atoms with E-state index in [1.807, 2.05) is 18.2 Å². The first-order chi connectivity index (χ1) is 15.5. The van der Waals surface area contributed by atoms with Crippen LogP contribution in [0.4, 0.5) is 0 Å². The van der Waals surface area contributed by atoms with Gasteiger partial charge in [-0.1, -0.05) is 41.9 Å². The molecule has 0 fully saturated rings. The number of aromatic nitrogens is 1. The summed E-state index contributed by atoms with van der Waals surface area (Å²) in [4.78, 5) is 30.9. The molecule has 1 N–H and O–H groups in total. The van der Waals surface area contributed by atoms with Crippen molar-refractivity contribution in [3.8, 4) is 0 Å². The summed E-state index contributed by atoms with van der Waals surface area (Å²) in [5, 5.41) is 14.3. The Labute approximate surface area is 188 Å². The molecule has 1 aliphatic heterocycles. The number of nitrogens with zero attached hydrogens (tertiary/aromatic N) is 1. The number of Topliss-reactive ketones (excluding diaryl/α,β-unsaturated/α-hetero) is 1. The molecule has 32 heavy (non-hydrogen) atoms. The lowest BCUT2D eigenvalue weighted by Crippen LogP contribution is -2.32. The average Bonchev–Trinajstić information content (AvgIpc) is 3.34. The van der Waals surface area contributed by atoms with E-state index < -0.39 is 23.5 Å². The van der Waals surface area contributed by atoms with E-state index in [2.05, 4.69) is 4.98 Å². The molecule has 4 aromatic rings. The number of H-pyrrole nitrogens is 1. The average molecular weight is 445 g/mol. The number of nitrogens with one attached hydrogen (secondary N) is 1. The zero-order valence-corrected chi connectivity index (χ0v) is 17.5. The molecule has 0 saturated carbocycles. The molecule has 0 spiro atoms. The molecule has 3 heterocycles. The van der Waals surface area contributed by atoms with Crippen LogP contribution in [0.5, 0.6) is 0 Å². The minimum absolute atomic E-state index is 0.0178. The number of para-hydroxylation sites is 1. The molecule has 1 atom stereocenters. The second-order valence-corrected chi connectivity index (χ2v) is 7.96. The number of rotatable bonds is 5. The highest BCUT2D eigenvalue weighted by Crippen LogP contribution is 2.40. The summed E-state index contributed by atoms with van der Waals surface area (Å²) in [5.41, 5.74) is 1.76. The van der Waals surface area contributed by atoms with Crippen molar-refractivity contribution < 1.29 is 24.1 Å². The molecule has 5 rings (SSSR count). The Kier molecular flexibility index (Phi) is 4.99. The van der Waals surface area contributed by atoms with Crippen LogP contribution < -0.4 is 10.1 Å². The number of amides is 1. The molecule has 0 aliphatic carbocycles. The predicted octanol–water partition coefficient (Wildman–Crippen LogP) is 3.48. The third-order valence-corrected chi connectivity index (χ3v) is 5.70. The third kappa shape index (κ3) is 3.44. The number of hydrogen-bond acceptors (Lipinski definition) is 4. The Morgan fingerprint density at radius 1 is 1.09 bits per heavy atom. The van der Waals surface area contributed by atoms with Gasteiger partial charge in [-0.05, 0) is 41.7 Å². The highest BCUT2D eigenvalue weighted by Gasteiger charge is 2.40. The molecule has 7 heteroatoms. The van der Waals surface area contributed by atoms with Crippen LogP contribution >= 0.6 is 11.6 Å². The Bertz CT molecular complexity index is 1340. The molecule has 0 saturated heterocycles. The fraction of sp³-hybridized carbons (Fsp3) is 0.0800. The number of pyridine rings is 1. The maximum atomic E-state index is 13.5. The predicted molar refractivity (Wildman–Crippen MR) is 115 cm³/mol. The van der Waals surface area contributed by atoms with Gasteiger partial charge in [0.1, 0.15) is 5.58 Å². The molecule has 2 aromatic heterocycles. The topological polar surface area (TPSA) is 87.7 Å². The molecular weight excluding hydrogens is 428 g/mol. The van der Waals surface area contributed by atoms with E-state index in [9.17, 15) is 14.7 Å². The number of ketones is 1. The summed E-state index contributed by atoms with van der Waals surface area (Å²) in [7, 11) is 0. The van der Waals surface area contributed by atoms with E-state index in [1.54, 1.807) is 60.9 Å². The normalized spacial score (nSPS) is 16.2. The van der Waals surface area contributed by atoms with Gasteiger partial charge in [0.05, 0.1) is 12.6 Å². The quantitative estimate of drug-likeness (QED) is 0.441. The molecule has 158 valence electrons. The van der Waals surface area contributed by atoms with Crippen molar-refractivity contribution in [3.05, 3.63) is 112 Å². The van der Waals surface area contributed by atoms with Gasteiger partial charge in [0, 0.05) is 27.6 Å². The largest absolute Gasteiger partial charge is 0.868 e. The first-order valence-electron chi connectivity index (χ1n) is 9.99. The van der Waals surface area contributed by atoms with Crippen LogP contribution in [0.15, 0.2) is 94.9 Å². The summed E-state index contributed by atoms with van der Waals surface area (Å²) >= 11 is 6.20. The van der Waals surface area contributed by atoms with Crippen LogP contribution in [0, 0.1) is 0 Å². The standard InChI is InChI=1S/C25H17ClN2O4/c26-18-8-3-7-17(11-18)22-21(23(29)20-12-16-6-1-2-9-19(16)32-20)24(30)25(31)28(22)14-15-5-4-10-27-13-15/h1-13,22,30H,14H2. The van der Waals surface area contributed by atoms with Gasteiger partial charge in [0.15, 0.2) is 18.2 Å². The molecule has 2 aromatic carbocycles. The van der Waals surface area contributed by atoms with E-state index in [-0.39, 0.29) is 17.9 Å². The Balaban J connectivity index is 1.61. The molecule has 6 nitrogen and oxygen atoms in total. The van der Waals surface area contributed by atoms with Crippen molar-refractivity contribution in [2.24, 2.45) is 0 Å². The Morgan fingerprint density at radius 3 is 2.69 bits per heavy atom. The molecular formula is C25H17ClN2O4. The molecule has 1 amide bonds. The Hall–Kier alpha value is -3.90. The van der Waals surface area contributed by atoms with Gasteiger partial charge in [0.2, 0.25) is 11.7 Å². The maximum absolute atomic E-state index is 13.5. The molecule has 1 aliphatic rings. The molecule has 1 unspecified atom stereocenters. The van der Waals surface area contributed by atoms with Crippen molar-refractivity contribution in [1.82, 2.24) is 4.90 Å². The van der Waals surface area contributed by atoms with Crippen molar-refractivity contribution in [2.75, 3.05) is 0 Å². The van der Waals surface area contributed by atoms with Crippen LogP contribution in [-0.2, 0) is 11.3 Å². The number of halogens is 1. The summed E-state index contributed by atoms with van der Waals surface area (Å²) in [6.07, 6.45) is 3.49. The fourth-order valence-corrected chi connectivity index (χ4v) is 4.21. The van der Waals surface area contributed by atoms with Gasteiger partial charge in [-0.3, -0.25) is 9.59 Å². The number of carbonyl (C=O) groups is 2. The molecule has 0 radical (unpaired) electrons. The zero-order chi connectivity index (χ0) is 22.2. The SMILES string of the molecule is O=C(C1=C([O-])C(=O)N(Cc2ccc[nH+]c2)C1c1cccc(Cl)c1)c1cc2ccccc2o1. The van der Waals surface area contributed by atoms with Gasteiger partial charge in [-0.2, -0.15) is 0 Å². The van der Waals surface area contributed by atoms with Crippen LogP contribution in [0.1, 0.15) is 27.7 Å². The van der Waals surface area contributed by atoms with E-state index in [1.165, 1.54) is 4.90 Å². The highest BCUT2D eigenvalue weighted by molar-refractivity contribution is 6.30. The number of furan rings is 1. The van der Waals surface area contributed by atoms with Crippen molar-refractivity contribution >= 4 is 34.3 Å². The van der Waals surface area contributed by atoms with Gasteiger partial charge in [0.25, 0.3) is 0 Å². The number of carbonyl (C=O) groups excluding carboxylic acids is 2. The minimum atomic E-state index is -0.880. The number of benzene rings is 2. The molecule has 0 bridgehead atoms. The van der Waals surface area contributed by atoms with Gasteiger partial charge >= 0.3 is 0 Å². The smallest absolute Gasteiger partial charge is 0.240 e. The fourth-order valence-electron chi connectivity index (χ4n) is 4.01. The summed E-state index contributed by atoms with van der Waals surface area (Å²) in [6, 6.07) is 18.4. The first kappa shape index (κ1) is 20.0. The minimum Gasteiger partial charge on any atom is -0.868 e. The van der Waals surface area contributed by atoms with Crippen LogP contribution in [0.3, 0.4) is 0 Å². The highest BCUT2D eigenvalue weighted by atomic mass is 35.5. The lowest BCUT2D eigenvalue weighted by atomic mass is 9.95. The van der Waals surface area contributed by atoms with Gasteiger partial charge < -0.3 is 14.4 Å².